The highest BCUT2D eigenvalue weighted by atomic mass is 32.1. The van der Waals surface area contributed by atoms with Crippen LogP contribution in [0.25, 0.3) is 0 Å². The van der Waals surface area contributed by atoms with Gasteiger partial charge in [-0.15, -0.1) is 11.3 Å². The van der Waals surface area contributed by atoms with Crippen LogP contribution in [0.2, 0.25) is 0 Å². The van der Waals surface area contributed by atoms with Crippen LogP contribution < -0.4 is 11.1 Å². The molecule has 3 amide bonds. The summed E-state index contributed by atoms with van der Waals surface area (Å²) in [5, 5.41) is 4.85. The minimum atomic E-state index is -0.571. The van der Waals surface area contributed by atoms with Crippen LogP contribution in [0.4, 0.5) is 5.00 Å². The van der Waals surface area contributed by atoms with Gasteiger partial charge in [-0.1, -0.05) is 0 Å². The van der Waals surface area contributed by atoms with Crippen LogP contribution in [0, 0.1) is 0 Å². The van der Waals surface area contributed by atoms with Gasteiger partial charge in [0.2, 0.25) is 11.8 Å². The number of likely N-dealkylation sites (N-methyl/N-ethyl adjacent to an activating group) is 1. The van der Waals surface area contributed by atoms with Crippen molar-refractivity contribution in [1.82, 2.24) is 9.80 Å². The number of likely N-dealkylation sites (tertiary alicyclic amines) is 1. The zero-order valence-electron chi connectivity index (χ0n) is 12.7. The first-order chi connectivity index (χ1) is 10.4. The van der Waals surface area contributed by atoms with Gasteiger partial charge in [0, 0.05) is 14.1 Å². The Balaban J connectivity index is 1.98. The van der Waals surface area contributed by atoms with Crippen molar-refractivity contribution in [2.45, 2.75) is 18.9 Å². The fourth-order valence-corrected chi connectivity index (χ4v) is 3.35. The van der Waals surface area contributed by atoms with Crippen LogP contribution in [-0.4, -0.2) is 60.7 Å². The number of anilines is 1. The van der Waals surface area contributed by atoms with E-state index >= 15 is 0 Å². The minimum Gasteiger partial charge on any atom is -0.366 e. The molecular weight excluding hydrogens is 304 g/mol. The predicted octanol–water partition coefficient (Wildman–Crippen LogP) is 0.338. The third-order valence-electron chi connectivity index (χ3n) is 3.62. The summed E-state index contributed by atoms with van der Waals surface area (Å²) in [7, 11) is 3.42. The first-order valence-corrected chi connectivity index (χ1v) is 7.90. The molecule has 1 aliphatic rings. The molecular formula is C14H20N4O3S. The van der Waals surface area contributed by atoms with Crippen molar-refractivity contribution < 1.29 is 14.4 Å². The number of primary amides is 1. The van der Waals surface area contributed by atoms with E-state index in [4.69, 9.17) is 5.73 Å². The number of nitrogens with zero attached hydrogens (tertiary/aromatic N) is 2. The minimum absolute atomic E-state index is 0.0132. The van der Waals surface area contributed by atoms with Crippen molar-refractivity contribution in [2.24, 2.45) is 5.73 Å². The summed E-state index contributed by atoms with van der Waals surface area (Å²) in [4.78, 5) is 38.9. The Morgan fingerprint density at radius 3 is 2.82 bits per heavy atom. The Bertz CT molecular complexity index is 584. The van der Waals surface area contributed by atoms with Gasteiger partial charge in [-0.25, -0.2) is 0 Å². The smallest absolute Gasteiger partial charge is 0.251 e. The van der Waals surface area contributed by atoms with E-state index in [1.165, 1.54) is 11.3 Å². The van der Waals surface area contributed by atoms with Crippen LogP contribution in [0.1, 0.15) is 23.2 Å². The van der Waals surface area contributed by atoms with Gasteiger partial charge in [-0.05, 0) is 30.8 Å². The molecule has 1 unspecified atom stereocenters. The molecule has 2 heterocycles. The second-order valence-corrected chi connectivity index (χ2v) is 6.35. The van der Waals surface area contributed by atoms with Gasteiger partial charge in [-0.2, -0.15) is 0 Å². The molecule has 0 aromatic carbocycles. The third kappa shape index (κ3) is 3.63. The molecule has 1 aromatic rings. The molecule has 0 aliphatic carbocycles. The second kappa shape index (κ2) is 6.89. The average Bonchev–Trinajstić information content (AvgIpc) is 3.06. The van der Waals surface area contributed by atoms with Gasteiger partial charge in [0.15, 0.2) is 0 Å². The van der Waals surface area contributed by atoms with E-state index < -0.39 is 5.91 Å². The number of hydrogen-bond donors (Lipinski definition) is 2. The largest absolute Gasteiger partial charge is 0.366 e. The number of rotatable bonds is 5. The summed E-state index contributed by atoms with van der Waals surface area (Å²) in [5.41, 5.74) is 5.56. The lowest BCUT2D eigenvalue weighted by molar-refractivity contribution is -0.133. The van der Waals surface area contributed by atoms with E-state index in [2.05, 4.69) is 5.32 Å². The van der Waals surface area contributed by atoms with Crippen molar-refractivity contribution in [3.05, 3.63) is 17.0 Å². The van der Waals surface area contributed by atoms with Crippen LogP contribution >= 0.6 is 11.3 Å². The number of thiophene rings is 1. The molecule has 3 N–H and O–H groups in total. The highest BCUT2D eigenvalue weighted by Gasteiger charge is 2.32. The zero-order chi connectivity index (χ0) is 16.3. The molecule has 1 aliphatic heterocycles. The normalized spacial score (nSPS) is 18.2. The summed E-state index contributed by atoms with van der Waals surface area (Å²) in [6, 6.07) is 1.33. The molecule has 120 valence electrons. The van der Waals surface area contributed by atoms with E-state index in [9.17, 15) is 14.4 Å². The van der Waals surface area contributed by atoms with Crippen molar-refractivity contribution in [3.8, 4) is 0 Å². The maximum absolute atomic E-state index is 12.2. The van der Waals surface area contributed by atoms with Crippen LogP contribution in [0.3, 0.4) is 0 Å². The molecule has 1 saturated heterocycles. The summed E-state index contributed by atoms with van der Waals surface area (Å²) in [6.07, 6.45) is 1.65. The third-order valence-corrected chi connectivity index (χ3v) is 4.45. The fourth-order valence-electron chi connectivity index (χ4n) is 2.54. The number of nitrogens with two attached hydrogens (primary N) is 1. The zero-order valence-corrected chi connectivity index (χ0v) is 13.5. The Kier molecular flexibility index (Phi) is 5.15. The van der Waals surface area contributed by atoms with Crippen molar-refractivity contribution >= 4 is 34.1 Å². The summed E-state index contributed by atoms with van der Waals surface area (Å²) in [5.74, 6) is -0.805. The molecule has 8 heteroatoms. The topological polar surface area (TPSA) is 95.7 Å². The number of carbonyl (C=O) groups excluding carboxylic acids is 3. The number of carbonyl (C=O) groups is 3. The van der Waals surface area contributed by atoms with E-state index in [1.54, 1.807) is 30.4 Å². The van der Waals surface area contributed by atoms with Gasteiger partial charge in [0.25, 0.3) is 5.91 Å². The highest BCUT2D eigenvalue weighted by molar-refractivity contribution is 7.14. The number of hydrogen-bond acceptors (Lipinski definition) is 5. The maximum Gasteiger partial charge on any atom is 0.251 e. The van der Waals surface area contributed by atoms with Crippen LogP contribution in [-0.2, 0) is 9.59 Å². The SMILES string of the molecule is CN(C)C(=O)C1CCCN1CC(=O)Nc1sccc1C(N)=O. The van der Waals surface area contributed by atoms with Crippen molar-refractivity contribution in [2.75, 3.05) is 32.5 Å². The molecule has 7 nitrogen and oxygen atoms in total. The number of nitrogens with one attached hydrogen (secondary N) is 1. The predicted molar refractivity (Wildman–Crippen MR) is 84.8 cm³/mol. The Labute approximate surface area is 133 Å². The molecule has 1 atom stereocenters. The molecule has 1 fully saturated rings. The summed E-state index contributed by atoms with van der Waals surface area (Å²) >= 11 is 1.25. The first-order valence-electron chi connectivity index (χ1n) is 7.02. The molecule has 22 heavy (non-hydrogen) atoms. The summed E-state index contributed by atoms with van der Waals surface area (Å²) in [6.45, 7) is 0.838. The maximum atomic E-state index is 12.2. The lowest BCUT2D eigenvalue weighted by Crippen LogP contribution is -2.45. The van der Waals surface area contributed by atoms with Gasteiger partial charge in [0.1, 0.15) is 5.00 Å². The Hall–Kier alpha value is -1.93. The lowest BCUT2D eigenvalue weighted by atomic mass is 10.2. The average molecular weight is 324 g/mol. The first kappa shape index (κ1) is 16.4. The van der Waals surface area contributed by atoms with E-state index in [0.29, 0.717) is 17.1 Å². The summed E-state index contributed by atoms with van der Waals surface area (Å²) < 4.78 is 0. The molecule has 1 aromatic heterocycles. The highest BCUT2D eigenvalue weighted by Crippen LogP contribution is 2.23. The quantitative estimate of drug-likeness (QED) is 0.816. The molecule has 2 rings (SSSR count). The van der Waals surface area contributed by atoms with Crippen molar-refractivity contribution in [1.29, 1.82) is 0 Å². The number of amides is 3. The van der Waals surface area contributed by atoms with E-state index in [1.807, 2.05) is 4.90 Å². The fraction of sp³-hybridized carbons (Fsp3) is 0.500. The van der Waals surface area contributed by atoms with Crippen LogP contribution in [0.15, 0.2) is 11.4 Å². The monoisotopic (exact) mass is 324 g/mol. The van der Waals surface area contributed by atoms with Gasteiger partial charge < -0.3 is 16.0 Å². The van der Waals surface area contributed by atoms with E-state index in [0.717, 1.165) is 12.8 Å². The lowest BCUT2D eigenvalue weighted by Gasteiger charge is -2.25. The second-order valence-electron chi connectivity index (χ2n) is 5.44. The molecule has 0 bridgehead atoms. The van der Waals surface area contributed by atoms with E-state index in [-0.39, 0.29) is 24.4 Å². The standard InChI is InChI=1S/C14H20N4O3S/c1-17(2)14(21)10-4-3-6-18(10)8-11(19)16-13-9(12(15)20)5-7-22-13/h5,7,10H,3-4,6,8H2,1-2H3,(H2,15,20)(H,16,19). The van der Waals surface area contributed by atoms with Gasteiger partial charge in [0.05, 0.1) is 18.2 Å². The Morgan fingerprint density at radius 2 is 2.18 bits per heavy atom. The molecule has 0 saturated carbocycles. The molecule has 0 spiro atoms. The Morgan fingerprint density at radius 1 is 1.45 bits per heavy atom. The van der Waals surface area contributed by atoms with Crippen LogP contribution in [0.5, 0.6) is 0 Å². The van der Waals surface area contributed by atoms with Gasteiger partial charge >= 0.3 is 0 Å². The van der Waals surface area contributed by atoms with Gasteiger partial charge in [-0.3, -0.25) is 19.3 Å². The van der Waals surface area contributed by atoms with Crippen molar-refractivity contribution in [3.63, 3.8) is 0 Å². The molecule has 0 radical (unpaired) electrons.